The minimum absolute atomic E-state index is 0.00624. The third kappa shape index (κ3) is 2.92. The molecule has 8 heteroatoms. The monoisotopic (exact) mass is 405 g/mol. The van der Waals surface area contributed by atoms with Gasteiger partial charge in [-0.3, -0.25) is 14.9 Å². The molecule has 1 aromatic heterocycles. The van der Waals surface area contributed by atoms with Crippen molar-refractivity contribution >= 4 is 28.3 Å². The van der Waals surface area contributed by atoms with E-state index < -0.39 is 10.5 Å². The van der Waals surface area contributed by atoms with Gasteiger partial charge in [0.05, 0.1) is 17.0 Å². The normalized spacial score (nSPS) is 20.8. The molecule has 2 aromatic carbocycles. The van der Waals surface area contributed by atoms with Crippen LogP contribution in [0.5, 0.6) is 0 Å². The standard InChI is InChI=1S/C22H19N3O5/c26-19-6-3-11-24(19)17-12-16(13-7-9-14(10-8-13)25(28)29)23-21-20(17)15-4-1-2-5-18(15)30-22(21)27/h1-2,4-5,7-10,16-17,23H,3,6,11-12H2/t16-,17-/m0/s1. The summed E-state index contributed by atoms with van der Waals surface area (Å²) in [6, 6.07) is 13.1. The molecule has 0 bridgehead atoms. The van der Waals surface area contributed by atoms with Crippen LogP contribution in [-0.2, 0) is 4.79 Å². The van der Waals surface area contributed by atoms with Gasteiger partial charge in [-0.05, 0) is 24.5 Å². The Morgan fingerprint density at radius 2 is 1.87 bits per heavy atom. The van der Waals surface area contributed by atoms with Crippen molar-refractivity contribution < 1.29 is 14.1 Å². The van der Waals surface area contributed by atoms with E-state index in [1.807, 2.05) is 23.1 Å². The predicted octanol–water partition coefficient (Wildman–Crippen LogP) is 3.92. The Kier molecular flexibility index (Phi) is 4.27. The molecule has 1 fully saturated rings. The summed E-state index contributed by atoms with van der Waals surface area (Å²) in [4.78, 5) is 37.8. The zero-order valence-corrected chi connectivity index (χ0v) is 16.0. The Morgan fingerprint density at radius 1 is 1.10 bits per heavy atom. The minimum atomic E-state index is -0.480. The Labute approximate surface area is 171 Å². The van der Waals surface area contributed by atoms with Crippen molar-refractivity contribution in [2.75, 3.05) is 11.9 Å². The lowest BCUT2D eigenvalue weighted by atomic mass is 9.87. The highest BCUT2D eigenvalue weighted by molar-refractivity contribution is 5.87. The van der Waals surface area contributed by atoms with Crippen molar-refractivity contribution in [3.05, 3.63) is 80.2 Å². The molecule has 2 atom stereocenters. The molecular weight excluding hydrogens is 386 g/mol. The molecular formula is C22H19N3O5. The van der Waals surface area contributed by atoms with Gasteiger partial charge in [-0.25, -0.2) is 4.79 Å². The van der Waals surface area contributed by atoms with Gasteiger partial charge in [0.1, 0.15) is 11.3 Å². The minimum Gasteiger partial charge on any atom is -0.421 e. The number of hydrogen-bond donors (Lipinski definition) is 1. The Bertz CT molecular complexity index is 1220. The third-order valence-electron chi connectivity index (χ3n) is 5.96. The first kappa shape index (κ1) is 18.4. The van der Waals surface area contributed by atoms with Crippen LogP contribution in [0, 0.1) is 10.1 Å². The molecule has 3 aromatic rings. The van der Waals surface area contributed by atoms with Crippen molar-refractivity contribution in [3.8, 4) is 0 Å². The van der Waals surface area contributed by atoms with E-state index in [0.717, 1.165) is 22.9 Å². The number of nitro groups is 1. The van der Waals surface area contributed by atoms with Gasteiger partial charge in [0.2, 0.25) is 5.91 Å². The van der Waals surface area contributed by atoms with Gasteiger partial charge in [-0.2, -0.15) is 0 Å². The molecule has 1 N–H and O–H groups in total. The topological polar surface area (TPSA) is 106 Å². The summed E-state index contributed by atoms with van der Waals surface area (Å²) in [7, 11) is 0. The van der Waals surface area contributed by atoms with E-state index in [2.05, 4.69) is 5.32 Å². The van der Waals surface area contributed by atoms with E-state index in [9.17, 15) is 19.7 Å². The SMILES string of the molecule is O=C1CCCN1[C@H]1C[C@@H](c2ccc([N+](=O)[O-])cc2)Nc2c1c1ccccc1oc2=O. The van der Waals surface area contributed by atoms with Crippen LogP contribution in [0.1, 0.15) is 42.5 Å². The van der Waals surface area contributed by atoms with Gasteiger partial charge in [0.25, 0.3) is 5.69 Å². The number of anilines is 1. The van der Waals surface area contributed by atoms with Crippen LogP contribution in [0.4, 0.5) is 11.4 Å². The maximum Gasteiger partial charge on any atom is 0.360 e. The largest absolute Gasteiger partial charge is 0.421 e. The zero-order chi connectivity index (χ0) is 20.8. The highest BCUT2D eigenvalue weighted by atomic mass is 16.6. The molecule has 2 aliphatic heterocycles. The van der Waals surface area contributed by atoms with Gasteiger partial charge in [0, 0.05) is 36.0 Å². The number of fused-ring (bicyclic) bond motifs is 3. The van der Waals surface area contributed by atoms with Crippen molar-refractivity contribution in [2.24, 2.45) is 0 Å². The second kappa shape index (κ2) is 6.98. The van der Waals surface area contributed by atoms with Crippen LogP contribution in [-0.4, -0.2) is 22.3 Å². The predicted molar refractivity (Wildman–Crippen MR) is 110 cm³/mol. The van der Waals surface area contributed by atoms with Gasteiger partial charge in [-0.15, -0.1) is 0 Å². The van der Waals surface area contributed by atoms with Crippen molar-refractivity contribution in [2.45, 2.75) is 31.3 Å². The highest BCUT2D eigenvalue weighted by Gasteiger charge is 2.38. The van der Waals surface area contributed by atoms with E-state index in [-0.39, 0.29) is 23.7 Å². The van der Waals surface area contributed by atoms with Gasteiger partial charge in [0.15, 0.2) is 0 Å². The van der Waals surface area contributed by atoms with Crippen LogP contribution in [0.15, 0.2) is 57.7 Å². The molecule has 5 rings (SSSR count). The summed E-state index contributed by atoms with van der Waals surface area (Å²) in [5, 5.41) is 15.1. The lowest BCUT2D eigenvalue weighted by Gasteiger charge is -2.38. The number of carbonyl (C=O) groups excluding carboxylic acids is 1. The molecule has 152 valence electrons. The fraction of sp³-hybridized carbons (Fsp3) is 0.273. The smallest absolute Gasteiger partial charge is 0.360 e. The Morgan fingerprint density at radius 3 is 2.57 bits per heavy atom. The van der Waals surface area contributed by atoms with E-state index >= 15 is 0 Å². The van der Waals surface area contributed by atoms with E-state index in [4.69, 9.17) is 4.42 Å². The number of para-hydroxylation sites is 1. The first-order valence-corrected chi connectivity index (χ1v) is 9.89. The fourth-order valence-electron chi connectivity index (χ4n) is 4.56. The summed E-state index contributed by atoms with van der Waals surface area (Å²) in [5.41, 5.74) is 1.98. The fourth-order valence-corrected chi connectivity index (χ4v) is 4.56. The first-order valence-electron chi connectivity index (χ1n) is 9.89. The molecule has 0 radical (unpaired) electrons. The number of hydrogen-bond acceptors (Lipinski definition) is 6. The van der Waals surface area contributed by atoms with Crippen LogP contribution in [0.2, 0.25) is 0 Å². The number of benzene rings is 2. The summed E-state index contributed by atoms with van der Waals surface area (Å²) in [6.07, 6.45) is 1.85. The molecule has 0 saturated carbocycles. The quantitative estimate of drug-likeness (QED) is 0.402. The van der Waals surface area contributed by atoms with E-state index in [1.165, 1.54) is 12.1 Å². The molecule has 0 unspecified atom stereocenters. The van der Waals surface area contributed by atoms with Gasteiger partial charge >= 0.3 is 5.63 Å². The number of nitro benzene ring substituents is 1. The number of likely N-dealkylation sites (tertiary alicyclic amines) is 1. The molecule has 8 nitrogen and oxygen atoms in total. The summed E-state index contributed by atoms with van der Waals surface area (Å²) >= 11 is 0. The average molecular weight is 405 g/mol. The number of nitrogens with zero attached hydrogens (tertiary/aromatic N) is 2. The van der Waals surface area contributed by atoms with Crippen molar-refractivity contribution in [3.63, 3.8) is 0 Å². The van der Waals surface area contributed by atoms with Crippen LogP contribution >= 0.6 is 0 Å². The molecule has 30 heavy (non-hydrogen) atoms. The maximum atomic E-state index is 12.8. The van der Waals surface area contributed by atoms with Crippen LogP contribution < -0.4 is 10.9 Å². The lowest BCUT2D eigenvalue weighted by molar-refractivity contribution is -0.384. The second-order valence-electron chi connectivity index (χ2n) is 7.66. The van der Waals surface area contributed by atoms with E-state index in [0.29, 0.717) is 30.7 Å². The Hall–Kier alpha value is -3.68. The average Bonchev–Trinajstić information content (AvgIpc) is 3.19. The molecule has 1 amide bonds. The number of carbonyl (C=O) groups is 1. The molecule has 0 spiro atoms. The summed E-state index contributed by atoms with van der Waals surface area (Å²) < 4.78 is 5.52. The van der Waals surface area contributed by atoms with Crippen LogP contribution in [0.25, 0.3) is 11.0 Å². The number of rotatable bonds is 3. The second-order valence-corrected chi connectivity index (χ2v) is 7.66. The van der Waals surface area contributed by atoms with Crippen LogP contribution in [0.3, 0.4) is 0 Å². The molecule has 0 aliphatic carbocycles. The highest BCUT2D eigenvalue weighted by Crippen LogP contribution is 2.45. The third-order valence-corrected chi connectivity index (χ3v) is 5.96. The zero-order valence-electron chi connectivity index (χ0n) is 16.0. The summed E-state index contributed by atoms with van der Waals surface area (Å²) in [5.74, 6) is 0.0765. The first-order chi connectivity index (χ1) is 14.5. The number of amides is 1. The number of non-ortho nitro benzene ring substituents is 1. The maximum absolute atomic E-state index is 12.8. The summed E-state index contributed by atoms with van der Waals surface area (Å²) in [6.45, 7) is 0.643. The van der Waals surface area contributed by atoms with Gasteiger partial charge < -0.3 is 14.6 Å². The lowest BCUT2D eigenvalue weighted by Crippen LogP contribution is -2.37. The molecule has 1 saturated heterocycles. The Balaban J connectivity index is 1.65. The van der Waals surface area contributed by atoms with Crippen molar-refractivity contribution in [1.29, 1.82) is 0 Å². The molecule has 3 heterocycles. The van der Waals surface area contributed by atoms with Crippen molar-refractivity contribution in [1.82, 2.24) is 4.90 Å². The van der Waals surface area contributed by atoms with E-state index in [1.54, 1.807) is 18.2 Å². The molecule has 2 aliphatic rings. The number of nitrogens with one attached hydrogen (secondary N) is 1. The van der Waals surface area contributed by atoms with Gasteiger partial charge in [-0.1, -0.05) is 30.3 Å².